The molecule has 0 aliphatic heterocycles. The second kappa shape index (κ2) is 5.51. The van der Waals surface area contributed by atoms with Crippen molar-refractivity contribution >= 4 is 0 Å². The Hall–Kier alpha value is -1.07. The Balaban J connectivity index is 2.55. The molecule has 0 amide bonds. The largest absolute Gasteiger partial charge is 0.411 e. The molecule has 1 aromatic rings. The summed E-state index contributed by atoms with van der Waals surface area (Å²) < 4.78 is 40.2. The quantitative estimate of drug-likeness (QED) is 0.887. The lowest BCUT2D eigenvalue weighted by atomic mass is 10.0. The fourth-order valence-electron chi connectivity index (χ4n) is 1.63. The minimum Gasteiger partial charge on any atom is -0.370 e. The van der Waals surface area contributed by atoms with Crippen LogP contribution in [0.25, 0.3) is 0 Å². The van der Waals surface area contributed by atoms with E-state index in [0.29, 0.717) is 0 Å². The number of hydrogen-bond donors (Lipinski definition) is 1. The van der Waals surface area contributed by atoms with Crippen LogP contribution >= 0.6 is 0 Å². The molecule has 96 valence electrons. The predicted octanol–water partition coefficient (Wildman–Crippen LogP) is 2.88. The maximum atomic E-state index is 11.9. The minimum absolute atomic E-state index is 0.136. The summed E-state index contributed by atoms with van der Waals surface area (Å²) in [6.07, 6.45) is -4.30. The summed E-state index contributed by atoms with van der Waals surface area (Å²) in [6.45, 7) is 2.43. The van der Waals surface area contributed by atoms with Gasteiger partial charge in [-0.2, -0.15) is 13.2 Å². The van der Waals surface area contributed by atoms with Crippen molar-refractivity contribution in [3.63, 3.8) is 0 Å². The lowest BCUT2D eigenvalue weighted by molar-refractivity contribution is -0.174. The van der Waals surface area contributed by atoms with E-state index in [0.717, 1.165) is 16.7 Å². The van der Waals surface area contributed by atoms with Crippen molar-refractivity contribution in [2.45, 2.75) is 26.1 Å². The average molecular weight is 247 g/mol. The van der Waals surface area contributed by atoms with Gasteiger partial charge in [0.1, 0.15) is 6.61 Å². The molecular weight excluding hydrogens is 231 g/mol. The molecule has 0 radical (unpaired) electrons. The van der Waals surface area contributed by atoms with Gasteiger partial charge >= 0.3 is 6.18 Å². The van der Waals surface area contributed by atoms with E-state index in [4.69, 9.17) is 5.73 Å². The van der Waals surface area contributed by atoms with Gasteiger partial charge in [0, 0.05) is 0 Å². The molecule has 0 saturated heterocycles. The van der Waals surface area contributed by atoms with E-state index in [1.807, 2.05) is 32.0 Å². The standard InChI is InChI=1S/C12H16F3NO/c1-8-3-4-10(9(2)5-8)11(16)6-17-7-12(13,14)15/h3-5,11H,6-7,16H2,1-2H3. The van der Waals surface area contributed by atoms with E-state index >= 15 is 0 Å². The first kappa shape index (κ1) is 14.0. The third-order valence-electron chi connectivity index (χ3n) is 2.39. The molecule has 1 unspecified atom stereocenters. The molecule has 0 aromatic heterocycles. The highest BCUT2D eigenvalue weighted by atomic mass is 19.4. The maximum absolute atomic E-state index is 11.9. The van der Waals surface area contributed by atoms with E-state index in [1.54, 1.807) is 0 Å². The molecule has 2 nitrogen and oxygen atoms in total. The van der Waals surface area contributed by atoms with Crippen molar-refractivity contribution < 1.29 is 17.9 Å². The Morgan fingerprint density at radius 1 is 1.29 bits per heavy atom. The monoisotopic (exact) mass is 247 g/mol. The highest BCUT2D eigenvalue weighted by Gasteiger charge is 2.27. The van der Waals surface area contributed by atoms with Crippen molar-refractivity contribution in [2.24, 2.45) is 5.73 Å². The maximum Gasteiger partial charge on any atom is 0.411 e. The summed E-state index contributed by atoms with van der Waals surface area (Å²) in [5.41, 5.74) is 8.66. The van der Waals surface area contributed by atoms with E-state index in [-0.39, 0.29) is 6.61 Å². The molecule has 1 aromatic carbocycles. The molecule has 0 aliphatic carbocycles. The van der Waals surface area contributed by atoms with Crippen molar-refractivity contribution in [1.29, 1.82) is 0 Å². The van der Waals surface area contributed by atoms with Gasteiger partial charge in [-0.25, -0.2) is 0 Å². The molecule has 1 atom stereocenters. The van der Waals surface area contributed by atoms with Gasteiger partial charge in [0.05, 0.1) is 12.6 Å². The number of nitrogens with two attached hydrogens (primary N) is 1. The zero-order valence-corrected chi connectivity index (χ0v) is 9.84. The van der Waals surface area contributed by atoms with E-state index in [9.17, 15) is 13.2 Å². The van der Waals surface area contributed by atoms with Crippen molar-refractivity contribution in [3.05, 3.63) is 34.9 Å². The smallest absolute Gasteiger partial charge is 0.370 e. The second-order valence-corrected chi connectivity index (χ2v) is 4.10. The first-order chi connectivity index (χ1) is 7.79. The van der Waals surface area contributed by atoms with E-state index in [1.165, 1.54) is 0 Å². The van der Waals surface area contributed by atoms with Gasteiger partial charge in [0.2, 0.25) is 0 Å². The Labute approximate surface area is 98.6 Å². The lowest BCUT2D eigenvalue weighted by Gasteiger charge is -2.16. The zero-order valence-electron chi connectivity index (χ0n) is 9.84. The SMILES string of the molecule is Cc1ccc(C(N)COCC(F)(F)F)c(C)c1. The molecule has 0 heterocycles. The fraction of sp³-hybridized carbons (Fsp3) is 0.500. The van der Waals surface area contributed by atoms with Crippen molar-refractivity contribution in [2.75, 3.05) is 13.2 Å². The van der Waals surface area contributed by atoms with E-state index < -0.39 is 18.8 Å². The Morgan fingerprint density at radius 2 is 1.94 bits per heavy atom. The minimum atomic E-state index is -4.30. The fourth-order valence-corrected chi connectivity index (χ4v) is 1.63. The van der Waals surface area contributed by atoms with Crippen LogP contribution in [0.2, 0.25) is 0 Å². The van der Waals surface area contributed by atoms with Crippen LogP contribution in [0.3, 0.4) is 0 Å². The van der Waals surface area contributed by atoms with Crippen LogP contribution in [0.5, 0.6) is 0 Å². The van der Waals surface area contributed by atoms with Crippen LogP contribution in [0.1, 0.15) is 22.7 Å². The van der Waals surface area contributed by atoms with Crippen LogP contribution in [0, 0.1) is 13.8 Å². The molecule has 0 saturated carbocycles. The Morgan fingerprint density at radius 3 is 2.47 bits per heavy atom. The van der Waals surface area contributed by atoms with Crippen molar-refractivity contribution in [1.82, 2.24) is 0 Å². The summed E-state index contributed by atoms with van der Waals surface area (Å²) in [5.74, 6) is 0. The topological polar surface area (TPSA) is 35.2 Å². The number of aryl methyl sites for hydroxylation is 2. The third-order valence-corrected chi connectivity index (χ3v) is 2.39. The van der Waals surface area contributed by atoms with Gasteiger partial charge in [-0.05, 0) is 25.0 Å². The van der Waals surface area contributed by atoms with Gasteiger partial charge in [-0.3, -0.25) is 0 Å². The van der Waals surface area contributed by atoms with Crippen LogP contribution < -0.4 is 5.73 Å². The molecule has 17 heavy (non-hydrogen) atoms. The van der Waals surface area contributed by atoms with Crippen molar-refractivity contribution in [3.8, 4) is 0 Å². The lowest BCUT2D eigenvalue weighted by Crippen LogP contribution is -2.23. The first-order valence-electron chi connectivity index (χ1n) is 5.27. The summed E-state index contributed by atoms with van der Waals surface area (Å²) >= 11 is 0. The number of halogens is 3. The number of rotatable bonds is 4. The predicted molar refractivity (Wildman–Crippen MR) is 59.7 cm³/mol. The molecule has 0 bridgehead atoms. The van der Waals surface area contributed by atoms with Gasteiger partial charge < -0.3 is 10.5 Å². The molecule has 0 aliphatic rings. The van der Waals surface area contributed by atoms with Crippen LogP contribution in [-0.4, -0.2) is 19.4 Å². The normalized spacial score (nSPS) is 13.8. The van der Waals surface area contributed by atoms with Gasteiger partial charge in [0.15, 0.2) is 0 Å². The van der Waals surface area contributed by atoms with E-state index in [2.05, 4.69) is 4.74 Å². The van der Waals surface area contributed by atoms with Gasteiger partial charge in [-0.1, -0.05) is 23.8 Å². The van der Waals surface area contributed by atoms with Crippen LogP contribution in [0.4, 0.5) is 13.2 Å². The highest BCUT2D eigenvalue weighted by molar-refractivity contribution is 5.32. The molecule has 1 rings (SSSR count). The summed E-state index contributed by atoms with van der Waals surface area (Å²) in [7, 11) is 0. The summed E-state index contributed by atoms with van der Waals surface area (Å²) in [4.78, 5) is 0. The number of ether oxygens (including phenoxy) is 1. The van der Waals surface area contributed by atoms with Crippen LogP contribution in [0.15, 0.2) is 18.2 Å². The highest BCUT2D eigenvalue weighted by Crippen LogP contribution is 2.19. The zero-order chi connectivity index (χ0) is 13.1. The van der Waals surface area contributed by atoms with Gasteiger partial charge in [-0.15, -0.1) is 0 Å². The molecule has 0 fully saturated rings. The number of hydrogen-bond acceptors (Lipinski definition) is 2. The summed E-state index contributed by atoms with van der Waals surface area (Å²) in [5, 5.41) is 0. The van der Waals surface area contributed by atoms with Crippen LogP contribution in [-0.2, 0) is 4.74 Å². The molecule has 2 N–H and O–H groups in total. The Bertz CT molecular complexity index is 377. The number of benzene rings is 1. The van der Waals surface area contributed by atoms with Gasteiger partial charge in [0.25, 0.3) is 0 Å². The molecular formula is C12H16F3NO. The second-order valence-electron chi connectivity index (χ2n) is 4.10. The summed E-state index contributed by atoms with van der Waals surface area (Å²) in [6, 6.07) is 5.12. The third kappa shape index (κ3) is 4.75. The molecule has 0 spiro atoms. The average Bonchev–Trinajstić information content (AvgIpc) is 2.15. The number of alkyl halides is 3. The Kier molecular flexibility index (Phi) is 4.54. The first-order valence-corrected chi connectivity index (χ1v) is 5.27. The molecule has 5 heteroatoms.